The predicted octanol–water partition coefficient (Wildman–Crippen LogP) is 2.18. The number of amides is 2. The van der Waals surface area contributed by atoms with Crippen molar-refractivity contribution in [2.45, 2.75) is 18.2 Å². The van der Waals surface area contributed by atoms with Gasteiger partial charge in [0, 0.05) is 6.07 Å². The molecule has 7 heteroatoms. The highest BCUT2D eigenvalue weighted by atomic mass is 79.9. The minimum Gasteiger partial charge on any atom is -0.366 e. The first kappa shape index (κ1) is 14.6. The van der Waals surface area contributed by atoms with Crippen LogP contribution in [0, 0.1) is 11.6 Å². The summed E-state index contributed by atoms with van der Waals surface area (Å²) in [5, 5.41) is 2.24. The van der Waals surface area contributed by atoms with Gasteiger partial charge in [-0.05, 0) is 19.9 Å². The van der Waals surface area contributed by atoms with Crippen LogP contribution in [0.5, 0.6) is 0 Å². The van der Waals surface area contributed by atoms with E-state index in [1.807, 2.05) is 0 Å². The first-order valence-corrected chi connectivity index (χ1v) is 5.71. The Labute approximate surface area is 111 Å². The lowest BCUT2D eigenvalue weighted by molar-refractivity contribution is -0.117. The van der Waals surface area contributed by atoms with Gasteiger partial charge >= 0.3 is 0 Å². The predicted molar refractivity (Wildman–Crippen MR) is 66.5 cm³/mol. The van der Waals surface area contributed by atoms with Crippen LogP contribution in [0.15, 0.2) is 12.1 Å². The standard InChI is InChI=1S/C11H11BrF2N2O2/c1-11(2,12)10(18)16-8-3-5(9(15)17)6(13)4-7(8)14/h3-4H,1-2H3,(H2,15,17)(H,16,18). The fourth-order valence-corrected chi connectivity index (χ4v) is 1.20. The fraction of sp³-hybridized carbons (Fsp3) is 0.273. The van der Waals surface area contributed by atoms with Gasteiger partial charge in [0.2, 0.25) is 5.91 Å². The lowest BCUT2D eigenvalue weighted by Crippen LogP contribution is -2.31. The Morgan fingerprint density at radius 3 is 2.28 bits per heavy atom. The molecule has 0 aliphatic heterocycles. The molecule has 0 saturated heterocycles. The summed E-state index contributed by atoms with van der Waals surface area (Å²) >= 11 is 3.09. The highest BCUT2D eigenvalue weighted by molar-refractivity contribution is 9.10. The zero-order valence-corrected chi connectivity index (χ0v) is 11.3. The Kier molecular flexibility index (Phi) is 4.05. The monoisotopic (exact) mass is 320 g/mol. The minimum absolute atomic E-state index is 0.303. The number of hydrogen-bond donors (Lipinski definition) is 2. The number of nitrogens with two attached hydrogens (primary N) is 1. The molecule has 0 aliphatic rings. The van der Waals surface area contributed by atoms with E-state index in [0.717, 1.165) is 6.07 Å². The summed E-state index contributed by atoms with van der Waals surface area (Å²) in [5.74, 6) is -3.64. The van der Waals surface area contributed by atoms with Crippen molar-refractivity contribution in [2.75, 3.05) is 5.32 Å². The molecule has 0 fully saturated rings. The Balaban J connectivity index is 3.14. The summed E-state index contributed by atoms with van der Waals surface area (Å²) < 4.78 is 25.7. The number of halogens is 3. The lowest BCUT2D eigenvalue weighted by Gasteiger charge is -2.16. The number of anilines is 1. The Morgan fingerprint density at radius 2 is 1.83 bits per heavy atom. The number of benzene rings is 1. The van der Waals surface area contributed by atoms with Crippen molar-refractivity contribution < 1.29 is 18.4 Å². The van der Waals surface area contributed by atoms with Crippen molar-refractivity contribution in [1.82, 2.24) is 0 Å². The number of carbonyl (C=O) groups excluding carboxylic acids is 2. The van der Waals surface area contributed by atoms with Crippen LogP contribution in [0.4, 0.5) is 14.5 Å². The smallest absolute Gasteiger partial charge is 0.251 e. The van der Waals surface area contributed by atoms with E-state index in [1.165, 1.54) is 0 Å². The molecule has 1 aromatic carbocycles. The number of rotatable bonds is 3. The molecule has 0 atom stereocenters. The Bertz CT molecular complexity index is 513. The van der Waals surface area contributed by atoms with Crippen LogP contribution >= 0.6 is 15.9 Å². The van der Waals surface area contributed by atoms with Crippen molar-refractivity contribution in [2.24, 2.45) is 5.73 Å². The largest absolute Gasteiger partial charge is 0.366 e. The highest BCUT2D eigenvalue weighted by Gasteiger charge is 2.25. The van der Waals surface area contributed by atoms with Gasteiger partial charge in [-0.2, -0.15) is 0 Å². The van der Waals surface area contributed by atoms with Crippen molar-refractivity contribution >= 4 is 33.4 Å². The van der Waals surface area contributed by atoms with Gasteiger partial charge in [0.15, 0.2) is 0 Å². The maximum atomic E-state index is 13.4. The summed E-state index contributed by atoms with van der Waals surface area (Å²) in [6.45, 7) is 3.11. The van der Waals surface area contributed by atoms with Gasteiger partial charge in [0.25, 0.3) is 5.91 Å². The summed E-state index contributed by atoms with van der Waals surface area (Å²) in [6, 6.07) is 1.36. The Morgan fingerprint density at radius 1 is 1.28 bits per heavy atom. The lowest BCUT2D eigenvalue weighted by atomic mass is 10.1. The zero-order chi connectivity index (χ0) is 14.1. The molecule has 0 bridgehead atoms. The molecule has 4 nitrogen and oxygen atoms in total. The molecular formula is C11H11BrF2N2O2. The molecule has 0 aromatic heterocycles. The first-order valence-electron chi connectivity index (χ1n) is 4.92. The van der Waals surface area contributed by atoms with Crippen LogP contribution in [0.25, 0.3) is 0 Å². The van der Waals surface area contributed by atoms with Crippen molar-refractivity contribution in [3.05, 3.63) is 29.3 Å². The maximum Gasteiger partial charge on any atom is 0.251 e. The number of hydrogen-bond acceptors (Lipinski definition) is 2. The quantitative estimate of drug-likeness (QED) is 0.838. The van der Waals surface area contributed by atoms with E-state index in [1.54, 1.807) is 13.8 Å². The zero-order valence-electron chi connectivity index (χ0n) is 9.68. The van der Waals surface area contributed by atoms with Gasteiger partial charge in [-0.3, -0.25) is 9.59 Å². The maximum absolute atomic E-state index is 13.4. The van der Waals surface area contributed by atoms with Crippen LogP contribution in [0.3, 0.4) is 0 Å². The molecule has 98 valence electrons. The Hall–Kier alpha value is -1.50. The van der Waals surface area contributed by atoms with E-state index < -0.39 is 33.3 Å². The summed E-state index contributed by atoms with van der Waals surface area (Å²) in [7, 11) is 0. The molecule has 18 heavy (non-hydrogen) atoms. The molecule has 0 aliphatic carbocycles. The van der Waals surface area contributed by atoms with Gasteiger partial charge in [-0.1, -0.05) is 15.9 Å². The summed E-state index contributed by atoms with van der Waals surface area (Å²) in [4.78, 5) is 22.5. The number of carbonyl (C=O) groups is 2. The second kappa shape index (κ2) is 5.01. The van der Waals surface area contributed by atoms with Crippen molar-refractivity contribution in [3.63, 3.8) is 0 Å². The molecule has 2 amide bonds. The van der Waals surface area contributed by atoms with Gasteiger partial charge in [-0.15, -0.1) is 0 Å². The number of primary amides is 1. The van der Waals surface area contributed by atoms with Crippen LogP contribution in [-0.2, 0) is 4.79 Å². The van der Waals surface area contributed by atoms with Crippen LogP contribution in [-0.4, -0.2) is 16.1 Å². The molecular weight excluding hydrogens is 310 g/mol. The topological polar surface area (TPSA) is 72.2 Å². The number of nitrogens with one attached hydrogen (secondary N) is 1. The normalized spacial score (nSPS) is 11.2. The molecule has 0 unspecified atom stereocenters. The average Bonchev–Trinajstić information content (AvgIpc) is 2.19. The molecule has 0 heterocycles. The molecule has 0 spiro atoms. The fourth-order valence-electron chi connectivity index (χ4n) is 1.10. The van der Waals surface area contributed by atoms with E-state index in [9.17, 15) is 18.4 Å². The number of alkyl halides is 1. The molecule has 1 aromatic rings. The van der Waals surface area contributed by atoms with E-state index in [4.69, 9.17) is 5.73 Å². The molecule has 0 radical (unpaired) electrons. The highest BCUT2D eigenvalue weighted by Crippen LogP contribution is 2.23. The van der Waals surface area contributed by atoms with E-state index >= 15 is 0 Å². The minimum atomic E-state index is -1.07. The SMILES string of the molecule is CC(C)(Br)C(=O)Nc1cc(C(N)=O)c(F)cc1F. The third kappa shape index (κ3) is 3.25. The van der Waals surface area contributed by atoms with Crippen molar-refractivity contribution in [1.29, 1.82) is 0 Å². The second-order valence-electron chi connectivity index (χ2n) is 4.10. The van der Waals surface area contributed by atoms with Crippen LogP contribution in [0.2, 0.25) is 0 Å². The second-order valence-corrected chi connectivity index (χ2v) is 6.09. The summed E-state index contributed by atoms with van der Waals surface area (Å²) in [5.41, 5.74) is 4.14. The van der Waals surface area contributed by atoms with E-state index in [0.29, 0.717) is 6.07 Å². The van der Waals surface area contributed by atoms with Crippen LogP contribution < -0.4 is 11.1 Å². The van der Waals surface area contributed by atoms with E-state index in [-0.39, 0.29) is 5.69 Å². The van der Waals surface area contributed by atoms with Gasteiger partial charge < -0.3 is 11.1 Å². The van der Waals surface area contributed by atoms with Gasteiger partial charge in [-0.25, -0.2) is 8.78 Å². The molecule has 3 N–H and O–H groups in total. The van der Waals surface area contributed by atoms with E-state index in [2.05, 4.69) is 21.2 Å². The first-order chi connectivity index (χ1) is 8.12. The van der Waals surface area contributed by atoms with Crippen molar-refractivity contribution in [3.8, 4) is 0 Å². The third-order valence-electron chi connectivity index (χ3n) is 2.11. The summed E-state index contributed by atoms with van der Waals surface area (Å²) in [6.07, 6.45) is 0. The average molecular weight is 321 g/mol. The molecule has 1 rings (SSSR count). The van der Waals surface area contributed by atoms with Crippen LogP contribution in [0.1, 0.15) is 24.2 Å². The molecule has 0 saturated carbocycles. The third-order valence-corrected chi connectivity index (χ3v) is 2.47. The van der Waals surface area contributed by atoms with Gasteiger partial charge in [0.05, 0.1) is 15.6 Å². The van der Waals surface area contributed by atoms with Gasteiger partial charge in [0.1, 0.15) is 11.6 Å².